The molecule has 0 saturated carbocycles. The van der Waals surface area contributed by atoms with E-state index < -0.39 is 9.84 Å². The van der Waals surface area contributed by atoms with Crippen LogP contribution in [0.4, 0.5) is 11.6 Å². The molecule has 198 valence electrons. The number of carbonyl (C=O) groups is 1. The number of benzene rings is 3. The van der Waals surface area contributed by atoms with Crippen molar-refractivity contribution in [2.24, 2.45) is 0 Å². The summed E-state index contributed by atoms with van der Waals surface area (Å²) in [4.78, 5) is 17.2. The number of nitrogens with zero attached hydrogens (tertiary/aromatic N) is 3. The molecule has 10 heteroatoms. The second-order valence-electron chi connectivity index (χ2n) is 9.16. The number of aryl methyl sites for hydroxylation is 1. The van der Waals surface area contributed by atoms with E-state index in [1.807, 2.05) is 61.7 Å². The number of carbonyl (C=O) groups excluding carboxylic acids is 1. The van der Waals surface area contributed by atoms with E-state index in [0.29, 0.717) is 35.1 Å². The summed E-state index contributed by atoms with van der Waals surface area (Å²) in [6.45, 7) is 2.50. The van der Waals surface area contributed by atoms with Gasteiger partial charge in [0.25, 0.3) is 5.91 Å². The summed E-state index contributed by atoms with van der Waals surface area (Å²) in [5.74, 6) is 0.559. The predicted molar refractivity (Wildman–Crippen MR) is 150 cm³/mol. The van der Waals surface area contributed by atoms with Crippen LogP contribution < -0.4 is 15.4 Å². The Bertz CT molecular complexity index is 1760. The van der Waals surface area contributed by atoms with E-state index >= 15 is 0 Å². The van der Waals surface area contributed by atoms with Gasteiger partial charge in [-0.05, 0) is 54.4 Å². The van der Waals surface area contributed by atoms with Gasteiger partial charge in [-0.2, -0.15) is 4.98 Å². The monoisotopic (exact) mass is 541 g/mol. The van der Waals surface area contributed by atoms with Crippen LogP contribution in [0.5, 0.6) is 5.75 Å². The van der Waals surface area contributed by atoms with Crippen molar-refractivity contribution in [2.45, 2.75) is 18.4 Å². The Kier molecular flexibility index (Phi) is 7.03. The number of hydrogen-bond donors (Lipinski definition) is 2. The van der Waals surface area contributed by atoms with E-state index in [4.69, 9.17) is 4.74 Å². The van der Waals surface area contributed by atoms with Gasteiger partial charge in [-0.25, -0.2) is 12.9 Å². The van der Waals surface area contributed by atoms with E-state index in [9.17, 15) is 13.2 Å². The third kappa shape index (κ3) is 5.91. The molecule has 5 aromatic rings. The molecule has 0 aliphatic carbocycles. The maximum atomic E-state index is 12.6. The Hall–Kier alpha value is -4.70. The molecule has 3 aromatic carbocycles. The van der Waals surface area contributed by atoms with Gasteiger partial charge in [0.05, 0.1) is 17.7 Å². The Morgan fingerprint density at radius 1 is 0.949 bits per heavy atom. The average Bonchev–Trinajstić information content (AvgIpc) is 3.34. The first-order valence-electron chi connectivity index (χ1n) is 12.2. The van der Waals surface area contributed by atoms with Crippen LogP contribution in [0, 0.1) is 6.92 Å². The molecule has 0 atom stereocenters. The Balaban J connectivity index is 1.30. The number of nitrogens with one attached hydrogen (secondary N) is 2. The fourth-order valence-corrected chi connectivity index (χ4v) is 4.67. The number of rotatable bonds is 8. The molecule has 0 unspecified atom stereocenters. The smallest absolute Gasteiger partial charge is 0.251 e. The van der Waals surface area contributed by atoms with Crippen LogP contribution in [0.15, 0.2) is 90.0 Å². The van der Waals surface area contributed by atoms with E-state index in [1.54, 1.807) is 22.7 Å². The molecule has 0 aliphatic heterocycles. The molecule has 9 nitrogen and oxygen atoms in total. The van der Waals surface area contributed by atoms with E-state index in [2.05, 4.69) is 20.7 Å². The highest BCUT2D eigenvalue weighted by molar-refractivity contribution is 7.90. The quantitative estimate of drug-likeness (QED) is 0.290. The van der Waals surface area contributed by atoms with Crippen molar-refractivity contribution in [3.8, 4) is 16.9 Å². The van der Waals surface area contributed by atoms with Crippen LogP contribution in [0.25, 0.3) is 16.8 Å². The van der Waals surface area contributed by atoms with Crippen molar-refractivity contribution in [3.05, 3.63) is 102 Å². The number of sulfone groups is 1. The largest absolute Gasteiger partial charge is 0.495 e. The van der Waals surface area contributed by atoms with Crippen molar-refractivity contribution < 1.29 is 17.9 Å². The highest BCUT2D eigenvalue weighted by Gasteiger charge is 2.14. The minimum absolute atomic E-state index is 0.135. The number of amides is 1. The fraction of sp³-hybridized carbons (Fsp3) is 0.138. The molecular weight excluding hydrogens is 514 g/mol. The molecule has 2 heterocycles. The van der Waals surface area contributed by atoms with E-state index in [0.717, 1.165) is 22.9 Å². The Morgan fingerprint density at radius 2 is 1.67 bits per heavy atom. The molecule has 39 heavy (non-hydrogen) atoms. The molecule has 2 aromatic heterocycles. The normalized spacial score (nSPS) is 11.4. The first kappa shape index (κ1) is 25.9. The van der Waals surface area contributed by atoms with Gasteiger partial charge in [-0.3, -0.25) is 4.79 Å². The molecule has 2 N–H and O–H groups in total. The SMILES string of the molecule is COc1cc(S(C)(=O)=O)ccc1Nc1nc2ccc(-c3ccc(C(=O)NCc4ccc(C)cc4)cc3)cn2n1. The third-order valence-electron chi connectivity index (χ3n) is 6.23. The Labute approximate surface area is 226 Å². The summed E-state index contributed by atoms with van der Waals surface area (Å²) in [5, 5.41) is 10.5. The number of aromatic nitrogens is 3. The first-order valence-corrected chi connectivity index (χ1v) is 14.0. The number of hydrogen-bond acceptors (Lipinski definition) is 7. The van der Waals surface area contributed by atoms with Gasteiger partial charge in [0.2, 0.25) is 5.95 Å². The van der Waals surface area contributed by atoms with Gasteiger partial charge in [0, 0.05) is 36.2 Å². The molecule has 0 bridgehead atoms. The molecule has 1 amide bonds. The van der Waals surface area contributed by atoms with Crippen LogP contribution in [-0.2, 0) is 16.4 Å². The summed E-state index contributed by atoms with van der Waals surface area (Å²) in [6.07, 6.45) is 3.00. The molecule has 0 spiro atoms. The summed E-state index contributed by atoms with van der Waals surface area (Å²) >= 11 is 0. The molecule has 0 radical (unpaired) electrons. The second kappa shape index (κ2) is 10.6. The van der Waals surface area contributed by atoms with Crippen molar-refractivity contribution in [1.82, 2.24) is 19.9 Å². The van der Waals surface area contributed by atoms with Gasteiger partial charge < -0.3 is 15.4 Å². The zero-order valence-electron chi connectivity index (χ0n) is 21.7. The second-order valence-corrected chi connectivity index (χ2v) is 11.2. The molecule has 5 rings (SSSR count). The van der Waals surface area contributed by atoms with Gasteiger partial charge in [-0.15, -0.1) is 5.10 Å². The summed E-state index contributed by atoms with van der Waals surface area (Å²) in [7, 11) is -1.90. The maximum Gasteiger partial charge on any atom is 0.251 e. The summed E-state index contributed by atoms with van der Waals surface area (Å²) in [5.41, 5.74) is 5.80. The minimum atomic E-state index is -3.37. The van der Waals surface area contributed by atoms with Crippen LogP contribution in [-0.4, -0.2) is 42.3 Å². The highest BCUT2D eigenvalue weighted by Crippen LogP contribution is 2.30. The van der Waals surface area contributed by atoms with Crippen molar-refractivity contribution in [3.63, 3.8) is 0 Å². The summed E-state index contributed by atoms with van der Waals surface area (Å²) < 4.78 is 30.7. The fourth-order valence-electron chi connectivity index (χ4n) is 4.04. The van der Waals surface area contributed by atoms with Crippen LogP contribution >= 0.6 is 0 Å². The molecule has 0 fully saturated rings. The molecule has 0 saturated heterocycles. The predicted octanol–water partition coefficient (Wildman–Crippen LogP) is 4.79. The van der Waals surface area contributed by atoms with Gasteiger partial charge in [-0.1, -0.05) is 42.0 Å². The van der Waals surface area contributed by atoms with Crippen molar-refractivity contribution in [2.75, 3.05) is 18.7 Å². The first-order chi connectivity index (χ1) is 18.7. The van der Waals surface area contributed by atoms with Crippen LogP contribution in [0.3, 0.4) is 0 Å². The lowest BCUT2D eigenvalue weighted by Crippen LogP contribution is -2.22. The van der Waals surface area contributed by atoms with Gasteiger partial charge in [0.15, 0.2) is 15.5 Å². The number of anilines is 2. The number of pyridine rings is 1. The average molecular weight is 542 g/mol. The minimum Gasteiger partial charge on any atom is -0.495 e. The number of ether oxygens (including phenoxy) is 1. The van der Waals surface area contributed by atoms with Crippen LogP contribution in [0.1, 0.15) is 21.5 Å². The zero-order chi connectivity index (χ0) is 27.6. The van der Waals surface area contributed by atoms with E-state index in [-0.39, 0.29) is 10.8 Å². The molecular formula is C29H27N5O4S. The highest BCUT2D eigenvalue weighted by atomic mass is 32.2. The van der Waals surface area contributed by atoms with Gasteiger partial charge in [0.1, 0.15) is 5.75 Å². The lowest BCUT2D eigenvalue weighted by Gasteiger charge is -2.10. The van der Waals surface area contributed by atoms with Crippen molar-refractivity contribution >= 4 is 33.0 Å². The third-order valence-corrected chi connectivity index (χ3v) is 7.34. The van der Waals surface area contributed by atoms with Crippen molar-refractivity contribution in [1.29, 1.82) is 0 Å². The van der Waals surface area contributed by atoms with Crippen LogP contribution in [0.2, 0.25) is 0 Å². The van der Waals surface area contributed by atoms with Gasteiger partial charge >= 0.3 is 0 Å². The number of methoxy groups -OCH3 is 1. The summed E-state index contributed by atoms with van der Waals surface area (Å²) in [6, 6.07) is 23.8. The maximum absolute atomic E-state index is 12.6. The van der Waals surface area contributed by atoms with E-state index in [1.165, 1.54) is 24.8 Å². The standard InChI is InChI=1S/C29H27N5O4S/c1-19-4-6-20(7-5-19)17-30-28(35)22-10-8-21(9-11-22)23-12-15-27-32-29(33-34(27)18-23)31-25-14-13-24(39(3,36)37)16-26(25)38-2/h4-16,18H,17H2,1-3H3,(H,30,35)(H,31,33). The molecule has 0 aliphatic rings. The topological polar surface area (TPSA) is 115 Å². The lowest BCUT2D eigenvalue weighted by molar-refractivity contribution is 0.0951. The zero-order valence-corrected chi connectivity index (χ0v) is 22.5. The Morgan fingerprint density at radius 3 is 2.36 bits per heavy atom. The lowest BCUT2D eigenvalue weighted by atomic mass is 10.1. The number of fused-ring (bicyclic) bond motifs is 1.